The minimum atomic E-state index is -0.279. The van der Waals surface area contributed by atoms with Crippen molar-refractivity contribution in [3.8, 4) is 0 Å². The van der Waals surface area contributed by atoms with Gasteiger partial charge in [-0.15, -0.1) is 10.2 Å². The molecule has 0 atom stereocenters. The van der Waals surface area contributed by atoms with Gasteiger partial charge in [-0.1, -0.05) is 0 Å². The normalized spacial score (nSPS) is 11.1. The van der Waals surface area contributed by atoms with Crippen molar-refractivity contribution >= 4 is 16.6 Å². The van der Waals surface area contributed by atoms with Gasteiger partial charge < -0.3 is 14.6 Å². The van der Waals surface area contributed by atoms with Crippen molar-refractivity contribution in [1.82, 2.24) is 19.7 Å². The highest BCUT2D eigenvalue weighted by molar-refractivity contribution is 5.91. The SMILES string of the molecule is COCCCn1cnnc1CNc1cc(C)nc2ccc(F)cc12. The molecule has 0 unspecified atom stereocenters. The summed E-state index contributed by atoms with van der Waals surface area (Å²) < 4.78 is 20.6. The lowest BCUT2D eigenvalue weighted by Crippen LogP contribution is -2.10. The van der Waals surface area contributed by atoms with Gasteiger partial charge in [0.2, 0.25) is 0 Å². The molecule has 7 heteroatoms. The first-order valence-electron chi connectivity index (χ1n) is 7.84. The largest absolute Gasteiger partial charge is 0.385 e. The van der Waals surface area contributed by atoms with E-state index in [1.165, 1.54) is 12.1 Å². The third kappa shape index (κ3) is 3.68. The lowest BCUT2D eigenvalue weighted by molar-refractivity contribution is 0.190. The monoisotopic (exact) mass is 329 g/mol. The van der Waals surface area contributed by atoms with E-state index in [2.05, 4.69) is 20.5 Å². The number of ether oxygens (including phenoxy) is 1. The summed E-state index contributed by atoms with van der Waals surface area (Å²) in [6.45, 7) is 3.91. The Labute approximate surface area is 139 Å². The molecule has 2 aromatic heterocycles. The molecule has 126 valence electrons. The first kappa shape index (κ1) is 16.3. The highest BCUT2D eigenvalue weighted by Crippen LogP contribution is 2.24. The number of aromatic nitrogens is 4. The maximum atomic E-state index is 13.6. The van der Waals surface area contributed by atoms with E-state index in [0.717, 1.165) is 41.1 Å². The van der Waals surface area contributed by atoms with Crippen LogP contribution in [-0.4, -0.2) is 33.5 Å². The van der Waals surface area contributed by atoms with Crippen LogP contribution in [-0.2, 0) is 17.8 Å². The lowest BCUT2D eigenvalue weighted by atomic mass is 10.1. The van der Waals surface area contributed by atoms with Gasteiger partial charge in [0.05, 0.1) is 12.1 Å². The topological polar surface area (TPSA) is 64.9 Å². The molecule has 0 fully saturated rings. The first-order valence-corrected chi connectivity index (χ1v) is 7.84. The van der Waals surface area contributed by atoms with E-state index in [9.17, 15) is 4.39 Å². The number of halogens is 1. The number of hydrogen-bond acceptors (Lipinski definition) is 5. The summed E-state index contributed by atoms with van der Waals surface area (Å²) in [6.07, 6.45) is 2.60. The molecule has 0 radical (unpaired) electrons. The van der Waals surface area contributed by atoms with Crippen LogP contribution in [0.3, 0.4) is 0 Å². The summed E-state index contributed by atoms with van der Waals surface area (Å²) in [6, 6.07) is 6.52. The van der Waals surface area contributed by atoms with Crippen LogP contribution in [0.1, 0.15) is 17.9 Å². The number of benzene rings is 1. The van der Waals surface area contributed by atoms with Gasteiger partial charge >= 0.3 is 0 Å². The van der Waals surface area contributed by atoms with E-state index in [4.69, 9.17) is 4.74 Å². The number of hydrogen-bond donors (Lipinski definition) is 1. The quantitative estimate of drug-likeness (QED) is 0.675. The molecule has 0 bridgehead atoms. The van der Waals surface area contributed by atoms with Gasteiger partial charge in [-0.3, -0.25) is 4.98 Å². The maximum Gasteiger partial charge on any atom is 0.152 e. The highest BCUT2D eigenvalue weighted by Gasteiger charge is 2.08. The van der Waals surface area contributed by atoms with Crippen molar-refractivity contribution in [2.75, 3.05) is 19.0 Å². The Balaban J connectivity index is 1.79. The lowest BCUT2D eigenvalue weighted by Gasteiger charge is -2.11. The van der Waals surface area contributed by atoms with E-state index in [1.807, 2.05) is 17.6 Å². The fourth-order valence-corrected chi connectivity index (χ4v) is 2.63. The highest BCUT2D eigenvalue weighted by atomic mass is 19.1. The average molecular weight is 329 g/mol. The van der Waals surface area contributed by atoms with Gasteiger partial charge in [0.25, 0.3) is 0 Å². The molecular weight excluding hydrogens is 309 g/mol. The Morgan fingerprint density at radius 1 is 1.29 bits per heavy atom. The van der Waals surface area contributed by atoms with Crippen molar-refractivity contribution in [3.63, 3.8) is 0 Å². The Morgan fingerprint density at radius 2 is 2.17 bits per heavy atom. The van der Waals surface area contributed by atoms with Crippen LogP contribution in [0.2, 0.25) is 0 Å². The average Bonchev–Trinajstić information content (AvgIpc) is 3.01. The predicted molar refractivity (Wildman–Crippen MR) is 90.3 cm³/mol. The summed E-state index contributed by atoms with van der Waals surface area (Å²) >= 11 is 0. The molecule has 1 N–H and O–H groups in total. The third-order valence-corrected chi connectivity index (χ3v) is 3.78. The number of aryl methyl sites for hydroxylation is 2. The van der Waals surface area contributed by atoms with Gasteiger partial charge in [0, 0.05) is 37.0 Å². The maximum absolute atomic E-state index is 13.6. The minimum absolute atomic E-state index is 0.279. The van der Waals surface area contributed by atoms with E-state index < -0.39 is 0 Å². The van der Waals surface area contributed by atoms with Gasteiger partial charge in [0.15, 0.2) is 5.82 Å². The predicted octanol–water partition coefficient (Wildman–Crippen LogP) is 2.92. The number of nitrogens with zero attached hydrogens (tertiary/aromatic N) is 4. The molecule has 24 heavy (non-hydrogen) atoms. The van der Waals surface area contributed by atoms with Crippen LogP contribution in [0.5, 0.6) is 0 Å². The molecular formula is C17H20FN5O. The number of fused-ring (bicyclic) bond motifs is 1. The number of rotatable bonds is 7. The van der Waals surface area contributed by atoms with Crippen LogP contribution in [0.15, 0.2) is 30.6 Å². The molecule has 3 rings (SSSR count). The Kier molecular flexibility index (Phi) is 5.00. The number of nitrogens with one attached hydrogen (secondary N) is 1. The Morgan fingerprint density at radius 3 is 3.00 bits per heavy atom. The third-order valence-electron chi connectivity index (χ3n) is 3.78. The Bertz CT molecular complexity index is 833. The zero-order valence-electron chi connectivity index (χ0n) is 13.8. The van der Waals surface area contributed by atoms with Crippen molar-refractivity contribution in [2.45, 2.75) is 26.4 Å². The summed E-state index contributed by atoms with van der Waals surface area (Å²) in [5.41, 5.74) is 2.47. The number of pyridine rings is 1. The smallest absolute Gasteiger partial charge is 0.152 e. The summed E-state index contributed by atoms with van der Waals surface area (Å²) in [7, 11) is 1.69. The van der Waals surface area contributed by atoms with Crippen LogP contribution in [0.4, 0.5) is 10.1 Å². The van der Waals surface area contributed by atoms with Crippen LogP contribution >= 0.6 is 0 Å². The van der Waals surface area contributed by atoms with E-state index >= 15 is 0 Å². The second-order valence-electron chi connectivity index (χ2n) is 5.61. The second kappa shape index (κ2) is 7.35. The van der Waals surface area contributed by atoms with E-state index in [-0.39, 0.29) is 5.82 Å². The molecule has 0 aliphatic rings. The molecule has 6 nitrogen and oxygen atoms in total. The zero-order chi connectivity index (χ0) is 16.9. The zero-order valence-corrected chi connectivity index (χ0v) is 13.8. The molecule has 0 amide bonds. The fourth-order valence-electron chi connectivity index (χ4n) is 2.63. The number of methoxy groups -OCH3 is 1. The number of anilines is 1. The summed E-state index contributed by atoms with van der Waals surface area (Å²) in [5, 5.41) is 12.2. The Hall–Kier alpha value is -2.54. The molecule has 0 saturated carbocycles. The molecule has 0 spiro atoms. The van der Waals surface area contributed by atoms with Gasteiger partial charge in [-0.25, -0.2) is 4.39 Å². The molecule has 0 aliphatic carbocycles. The van der Waals surface area contributed by atoms with Crippen molar-refractivity contribution in [3.05, 3.63) is 47.9 Å². The van der Waals surface area contributed by atoms with Crippen molar-refractivity contribution in [2.24, 2.45) is 0 Å². The molecule has 0 aliphatic heterocycles. The summed E-state index contributed by atoms with van der Waals surface area (Å²) in [5.74, 6) is 0.545. The first-order chi connectivity index (χ1) is 11.7. The van der Waals surface area contributed by atoms with Gasteiger partial charge in [0.1, 0.15) is 12.1 Å². The van der Waals surface area contributed by atoms with Crippen LogP contribution in [0, 0.1) is 12.7 Å². The van der Waals surface area contributed by atoms with Gasteiger partial charge in [-0.2, -0.15) is 0 Å². The molecule has 0 saturated heterocycles. The van der Waals surface area contributed by atoms with E-state index in [1.54, 1.807) is 19.5 Å². The standard InChI is InChI=1S/C17H20FN5O/c1-12-8-16(14-9-13(18)4-5-15(14)21-12)19-10-17-22-20-11-23(17)6-3-7-24-2/h4-5,8-9,11H,3,6-7,10H2,1-2H3,(H,19,21). The van der Waals surface area contributed by atoms with E-state index in [0.29, 0.717) is 13.2 Å². The van der Waals surface area contributed by atoms with Crippen molar-refractivity contribution in [1.29, 1.82) is 0 Å². The fraction of sp³-hybridized carbons (Fsp3) is 0.353. The van der Waals surface area contributed by atoms with Crippen molar-refractivity contribution < 1.29 is 9.13 Å². The molecule has 2 heterocycles. The minimum Gasteiger partial charge on any atom is -0.385 e. The molecule has 3 aromatic rings. The van der Waals surface area contributed by atoms with Crippen LogP contribution < -0.4 is 5.32 Å². The van der Waals surface area contributed by atoms with Crippen LogP contribution in [0.25, 0.3) is 10.9 Å². The van der Waals surface area contributed by atoms with Gasteiger partial charge in [-0.05, 0) is 37.6 Å². The molecule has 1 aromatic carbocycles. The second-order valence-corrected chi connectivity index (χ2v) is 5.61. The summed E-state index contributed by atoms with van der Waals surface area (Å²) in [4.78, 5) is 4.44.